The van der Waals surface area contributed by atoms with Crippen molar-refractivity contribution in [3.05, 3.63) is 78.6 Å². The number of rotatable bonds is 6. The Hall–Kier alpha value is -3.47. The van der Waals surface area contributed by atoms with Crippen LogP contribution in [-0.4, -0.2) is 32.7 Å². The van der Waals surface area contributed by atoms with Crippen LogP contribution in [0.3, 0.4) is 0 Å². The smallest absolute Gasteiger partial charge is 0.342 e. The fraction of sp³-hybridized carbons (Fsp3) is 0.0500. The van der Waals surface area contributed by atoms with Crippen molar-refractivity contribution in [3.63, 3.8) is 0 Å². The Bertz CT molecular complexity index is 1290. The van der Waals surface area contributed by atoms with E-state index in [0.717, 1.165) is 29.5 Å². The van der Waals surface area contributed by atoms with Gasteiger partial charge in [-0.1, -0.05) is 35.3 Å². The molecule has 1 heterocycles. The Balaban J connectivity index is 1.88. The Morgan fingerprint density at radius 1 is 1.19 bits per heavy atom. The summed E-state index contributed by atoms with van der Waals surface area (Å²) in [5.74, 6) is -2.44. The molecule has 0 atom stereocenters. The summed E-state index contributed by atoms with van der Waals surface area (Å²) in [6, 6.07) is 9.76. The first-order chi connectivity index (χ1) is 15.1. The van der Waals surface area contributed by atoms with E-state index in [2.05, 4.69) is 10.5 Å². The number of nitrogens with one attached hydrogen (secondary N) is 1. The molecule has 164 valence electrons. The summed E-state index contributed by atoms with van der Waals surface area (Å²) in [6.07, 6.45) is 0. The lowest BCUT2D eigenvalue weighted by atomic mass is 10.1. The Morgan fingerprint density at radius 3 is 2.53 bits per heavy atom. The second-order valence-electron chi connectivity index (χ2n) is 6.37. The Morgan fingerprint density at radius 2 is 1.91 bits per heavy atom. The van der Waals surface area contributed by atoms with Crippen LogP contribution < -0.4 is 5.43 Å². The highest BCUT2D eigenvalue weighted by molar-refractivity contribution is 7.20. The number of hydrogen-bond acceptors (Lipinski definition) is 7. The van der Waals surface area contributed by atoms with E-state index in [9.17, 15) is 24.8 Å². The zero-order valence-corrected chi connectivity index (χ0v) is 18.5. The van der Waals surface area contributed by atoms with E-state index in [1.165, 1.54) is 6.92 Å². The topological polar surface area (TPSA) is 142 Å². The molecule has 0 aliphatic rings. The minimum atomic E-state index is -1.49. The van der Waals surface area contributed by atoms with Gasteiger partial charge in [-0.05, 0) is 36.8 Å². The van der Waals surface area contributed by atoms with Crippen molar-refractivity contribution < 1.29 is 24.7 Å². The fourth-order valence-electron chi connectivity index (χ4n) is 2.79. The maximum atomic E-state index is 12.4. The third-order valence-electron chi connectivity index (χ3n) is 4.30. The molecule has 0 unspecified atom stereocenters. The summed E-state index contributed by atoms with van der Waals surface area (Å²) in [4.78, 5) is 34.1. The molecule has 0 saturated heterocycles. The van der Waals surface area contributed by atoms with Crippen LogP contribution in [0.2, 0.25) is 9.36 Å². The van der Waals surface area contributed by atoms with Gasteiger partial charge in [-0.2, -0.15) is 5.10 Å². The number of nitro groups is 1. The van der Waals surface area contributed by atoms with Gasteiger partial charge in [-0.3, -0.25) is 14.9 Å². The number of aromatic hydroxyl groups is 1. The lowest BCUT2D eigenvalue weighted by molar-refractivity contribution is -0.385. The maximum absolute atomic E-state index is 12.4. The summed E-state index contributed by atoms with van der Waals surface area (Å²) in [5, 5.41) is 35.2. The van der Waals surface area contributed by atoms with E-state index in [1.807, 2.05) is 0 Å². The molecule has 3 N–H and O–H groups in total. The fourth-order valence-corrected chi connectivity index (χ4v) is 4.41. The highest BCUT2D eigenvalue weighted by atomic mass is 35.5. The van der Waals surface area contributed by atoms with Gasteiger partial charge in [0.05, 0.1) is 21.1 Å². The molecule has 0 aliphatic heterocycles. The van der Waals surface area contributed by atoms with Crippen molar-refractivity contribution in [3.8, 4) is 16.2 Å². The van der Waals surface area contributed by atoms with Gasteiger partial charge < -0.3 is 10.2 Å². The first-order valence-corrected chi connectivity index (χ1v) is 10.3. The molecule has 1 aromatic heterocycles. The SMILES string of the molecule is CC(=NNC(=O)c1ccc(C(=O)O)c([N+](=O)[O-])c1)c1c(Cl)sc(-c2cccc(Cl)c2)c1O. The van der Waals surface area contributed by atoms with Crippen LogP contribution >= 0.6 is 34.5 Å². The number of nitro benzene ring substituents is 1. The number of halogens is 2. The quantitative estimate of drug-likeness (QED) is 0.245. The summed E-state index contributed by atoms with van der Waals surface area (Å²) < 4.78 is 0.231. The van der Waals surface area contributed by atoms with Gasteiger partial charge in [-0.15, -0.1) is 11.3 Å². The van der Waals surface area contributed by atoms with Gasteiger partial charge in [0, 0.05) is 16.7 Å². The van der Waals surface area contributed by atoms with Gasteiger partial charge >= 0.3 is 5.97 Å². The molecular weight excluding hydrogens is 481 g/mol. The zero-order chi connectivity index (χ0) is 23.6. The highest BCUT2D eigenvalue weighted by Crippen LogP contribution is 2.45. The second-order valence-corrected chi connectivity index (χ2v) is 8.43. The number of carboxylic acid groups (broad SMARTS) is 1. The number of nitrogens with zero attached hydrogens (tertiary/aromatic N) is 2. The summed E-state index contributed by atoms with van der Waals surface area (Å²) in [5.41, 5.74) is 1.82. The van der Waals surface area contributed by atoms with E-state index in [-0.39, 0.29) is 26.9 Å². The average molecular weight is 494 g/mol. The van der Waals surface area contributed by atoms with Crippen molar-refractivity contribution >= 4 is 57.8 Å². The summed E-state index contributed by atoms with van der Waals surface area (Å²) >= 11 is 13.4. The van der Waals surface area contributed by atoms with Crippen molar-refractivity contribution in [2.45, 2.75) is 6.92 Å². The van der Waals surface area contributed by atoms with Gasteiger partial charge in [0.2, 0.25) is 0 Å². The van der Waals surface area contributed by atoms with Crippen LogP contribution in [-0.2, 0) is 0 Å². The van der Waals surface area contributed by atoms with E-state index in [4.69, 9.17) is 28.3 Å². The van der Waals surface area contributed by atoms with Crippen molar-refractivity contribution in [1.82, 2.24) is 5.43 Å². The predicted molar refractivity (Wildman–Crippen MR) is 121 cm³/mol. The number of aromatic carboxylic acids is 1. The van der Waals surface area contributed by atoms with Crippen molar-refractivity contribution in [1.29, 1.82) is 0 Å². The lowest BCUT2D eigenvalue weighted by Gasteiger charge is -2.05. The maximum Gasteiger partial charge on any atom is 0.342 e. The number of benzene rings is 2. The summed E-state index contributed by atoms with van der Waals surface area (Å²) in [6.45, 7) is 1.51. The molecule has 9 nitrogen and oxygen atoms in total. The zero-order valence-electron chi connectivity index (χ0n) is 16.1. The monoisotopic (exact) mass is 493 g/mol. The van der Waals surface area contributed by atoms with E-state index < -0.39 is 28.1 Å². The van der Waals surface area contributed by atoms with Crippen LogP contribution in [0.25, 0.3) is 10.4 Å². The normalized spacial score (nSPS) is 11.3. The molecule has 0 bridgehead atoms. The number of carbonyl (C=O) groups excluding carboxylic acids is 1. The van der Waals surface area contributed by atoms with Crippen LogP contribution in [0.4, 0.5) is 5.69 Å². The number of hydrogen-bond donors (Lipinski definition) is 3. The van der Waals surface area contributed by atoms with Crippen LogP contribution in [0, 0.1) is 10.1 Å². The lowest BCUT2D eigenvalue weighted by Crippen LogP contribution is -2.20. The van der Waals surface area contributed by atoms with Crippen molar-refractivity contribution in [2.75, 3.05) is 0 Å². The molecular formula is C20H13Cl2N3O6S. The minimum absolute atomic E-state index is 0.140. The molecule has 12 heteroatoms. The van der Waals surface area contributed by atoms with E-state index in [1.54, 1.807) is 24.3 Å². The van der Waals surface area contributed by atoms with Crippen LogP contribution in [0.1, 0.15) is 33.2 Å². The average Bonchev–Trinajstić information content (AvgIpc) is 3.05. The largest absolute Gasteiger partial charge is 0.506 e. The van der Waals surface area contributed by atoms with E-state index in [0.29, 0.717) is 15.5 Å². The van der Waals surface area contributed by atoms with Crippen LogP contribution in [0.5, 0.6) is 5.75 Å². The number of amides is 1. The highest BCUT2D eigenvalue weighted by Gasteiger charge is 2.23. The third-order valence-corrected chi connectivity index (χ3v) is 5.97. The Labute approximate surface area is 194 Å². The Kier molecular flexibility index (Phi) is 6.78. The molecule has 0 fully saturated rings. The standard InChI is InChI=1S/C20H13Cl2N3O6S/c1-9(15-16(26)17(32-18(15)22)10-3-2-4-12(21)7-10)23-24-19(27)11-5-6-13(20(28)29)14(8-11)25(30)31/h2-8,26H,1H3,(H,24,27)(H,28,29). The number of carbonyl (C=O) groups is 2. The number of hydrazone groups is 1. The first-order valence-electron chi connectivity index (χ1n) is 8.74. The molecule has 3 aromatic rings. The minimum Gasteiger partial charge on any atom is -0.506 e. The molecule has 32 heavy (non-hydrogen) atoms. The third kappa shape index (κ3) is 4.72. The molecule has 2 aromatic carbocycles. The second kappa shape index (κ2) is 9.35. The molecule has 3 rings (SSSR count). The van der Waals surface area contributed by atoms with E-state index >= 15 is 0 Å². The number of carboxylic acids is 1. The first kappa shape index (κ1) is 23.2. The van der Waals surface area contributed by atoms with Gasteiger partial charge in [-0.25, -0.2) is 10.2 Å². The van der Waals surface area contributed by atoms with Crippen molar-refractivity contribution in [2.24, 2.45) is 5.10 Å². The molecule has 0 aliphatic carbocycles. The summed E-state index contributed by atoms with van der Waals surface area (Å²) in [7, 11) is 0. The molecule has 1 amide bonds. The van der Waals surface area contributed by atoms with Gasteiger partial charge in [0.25, 0.3) is 11.6 Å². The molecule has 0 saturated carbocycles. The van der Waals surface area contributed by atoms with Gasteiger partial charge in [0.1, 0.15) is 15.6 Å². The number of thiophene rings is 1. The van der Waals surface area contributed by atoms with Gasteiger partial charge in [0.15, 0.2) is 0 Å². The molecule has 0 spiro atoms. The molecule has 0 radical (unpaired) electrons. The predicted octanol–water partition coefficient (Wildman–Crippen LogP) is 5.19. The van der Waals surface area contributed by atoms with Crippen LogP contribution in [0.15, 0.2) is 47.6 Å².